The molecule has 0 saturated carbocycles. The van der Waals surface area contributed by atoms with Crippen molar-refractivity contribution < 1.29 is 9.94 Å². The lowest BCUT2D eigenvalue weighted by Gasteiger charge is -2.11. The molecule has 0 unspecified atom stereocenters. The molecule has 0 radical (unpaired) electrons. The molecule has 0 atom stereocenters. The molecule has 0 bridgehead atoms. The topological polar surface area (TPSA) is 67.8 Å². The molecular formula is C15H15ClN2O2. The zero-order valence-corrected chi connectivity index (χ0v) is 11.8. The molecular weight excluding hydrogens is 276 g/mol. The van der Waals surface area contributed by atoms with E-state index in [1.54, 1.807) is 18.2 Å². The van der Waals surface area contributed by atoms with Gasteiger partial charge in [-0.3, -0.25) is 0 Å². The Kier molecular flexibility index (Phi) is 4.48. The van der Waals surface area contributed by atoms with E-state index in [0.29, 0.717) is 22.1 Å². The number of hydrogen-bond acceptors (Lipinski definition) is 3. The molecule has 2 aromatic carbocycles. The smallest absolute Gasteiger partial charge is 0.173 e. The Bertz CT molecular complexity index is 624. The Morgan fingerprint density at radius 1 is 1.25 bits per heavy atom. The van der Waals surface area contributed by atoms with E-state index in [-0.39, 0.29) is 5.84 Å². The van der Waals surface area contributed by atoms with Crippen LogP contribution in [0.5, 0.6) is 11.5 Å². The largest absolute Gasteiger partial charge is 0.457 e. The van der Waals surface area contributed by atoms with E-state index in [2.05, 4.69) is 12.1 Å². The van der Waals surface area contributed by atoms with Gasteiger partial charge in [0.05, 0.1) is 5.56 Å². The lowest BCUT2D eigenvalue weighted by atomic mass is 10.1. The SMILES string of the molecule is CCc1ccc(Oc2ccc(Cl)cc2C(N)=NO)cc1. The number of ether oxygens (including phenoxy) is 1. The standard InChI is InChI=1S/C15H15ClN2O2/c1-2-10-3-6-12(7-4-10)20-14-8-5-11(16)9-13(14)15(17)18-19/h3-9,19H,2H2,1H3,(H2,17,18). The fourth-order valence-electron chi connectivity index (χ4n) is 1.77. The number of oxime groups is 1. The van der Waals surface area contributed by atoms with Crippen molar-refractivity contribution in [3.8, 4) is 11.5 Å². The maximum Gasteiger partial charge on any atom is 0.173 e. The summed E-state index contributed by atoms with van der Waals surface area (Å²) in [6, 6.07) is 12.7. The van der Waals surface area contributed by atoms with Crippen LogP contribution in [0.1, 0.15) is 18.1 Å². The van der Waals surface area contributed by atoms with Crippen molar-refractivity contribution in [3.63, 3.8) is 0 Å². The van der Waals surface area contributed by atoms with Gasteiger partial charge in [0.25, 0.3) is 0 Å². The minimum atomic E-state index is -0.0484. The molecule has 2 aromatic rings. The third-order valence-corrected chi connectivity index (χ3v) is 3.12. The first-order chi connectivity index (χ1) is 9.63. The monoisotopic (exact) mass is 290 g/mol. The van der Waals surface area contributed by atoms with E-state index in [1.807, 2.05) is 24.3 Å². The Morgan fingerprint density at radius 2 is 1.95 bits per heavy atom. The van der Waals surface area contributed by atoms with Gasteiger partial charge in [0, 0.05) is 5.02 Å². The molecule has 0 aliphatic rings. The molecule has 0 aliphatic carbocycles. The van der Waals surface area contributed by atoms with Crippen LogP contribution in [0.4, 0.5) is 0 Å². The highest BCUT2D eigenvalue weighted by Crippen LogP contribution is 2.28. The van der Waals surface area contributed by atoms with E-state index in [9.17, 15) is 0 Å². The Morgan fingerprint density at radius 3 is 2.55 bits per heavy atom. The maximum absolute atomic E-state index is 8.80. The van der Waals surface area contributed by atoms with Gasteiger partial charge in [-0.05, 0) is 42.3 Å². The lowest BCUT2D eigenvalue weighted by molar-refractivity contribution is 0.318. The fraction of sp³-hybridized carbons (Fsp3) is 0.133. The van der Waals surface area contributed by atoms with Crippen LogP contribution in [0.25, 0.3) is 0 Å². The summed E-state index contributed by atoms with van der Waals surface area (Å²) in [6.07, 6.45) is 0.969. The molecule has 0 heterocycles. The van der Waals surface area contributed by atoms with Gasteiger partial charge in [0.2, 0.25) is 0 Å². The van der Waals surface area contributed by atoms with Gasteiger partial charge in [-0.25, -0.2) is 0 Å². The summed E-state index contributed by atoms with van der Waals surface area (Å²) in [7, 11) is 0. The van der Waals surface area contributed by atoms with Gasteiger partial charge in [-0.2, -0.15) is 0 Å². The van der Waals surface area contributed by atoms with Crippen LogP contribution in [-0.4, -0.2) is 11.0 Å². The van der Waals surface area contributed by atoms with Crippen molar-refractivity contribution in [3.05, 3.63) is 58.6 Å². The molecule has 0 aromatic heterocycles. The zero-order valence-electron chi connectivity index (χ0n) is 11.0. The number of rotatable bonds is 4. The number of benzene rings is 2. The molecule has 2 rings (SSSR count). The van der Waals surface area contributed by atoms with Crippen molar-refractivity contribution in [1.82, 2.24) is 0 Å². The predicted octanol–water partition coefficient (Wildman–Crippen LogP) is 3.79. The van der Waals surface area contributed by atoms with E-state index in [4.69, 9.17) is 27.3 Å². The lowest BCUT2D eigenvalue weighted by Crippen LogP contribution is -2.14. The quantitative estimate of drug-likeness (QED) is 0.389. The van der Waals surface area contributed by atoms with Crippen molar-refractivity contribution in [2.75, 3.05) is 0 Å². The summed E-state index contributed by atoms with van der Waals surface area (Å²) in [6.45, 7) is 2.09. The van der Waals surface area contributed by atoms with Gasteiger partial charge < -0.3 is 15.7 Å². The van der Waals surface area contributed by atoms with E-state index in [1.165, 1.54) is 5.56 Å². The zero-order chi connectivity index (χ0) is 14.5. The van der Waals surface area contributed by atoms with Crippen molar-refractivity contribution in [2.45, 2.75) is 13.3 Å². The van der Waals surface area contributed by atoms with Crippen LogP contribution in [0.2, 0.25) is 5.02 Å². The highest BCUT2D eigenvalue weighted by molar-refractivity contribution is 6.31. The Labute approximate surface area is 122 Å². The minimum Gasteiger partial charge on any atom is -0.457 e. The average Bonchev–Trinajstić information content (AvgIpc) is 2.49. The molecule has 3 N–H and O–H groups in total. The van der Waals surface area contributed by atoms with E-state index in [0.717, 1.165) is 6.42 Å². The van der Waals surface area contributed by atoms with Gasteiger partial charge in [-0.15, -0.1) is 0 Å². The molecule has 104 valence electrons. The third kappa shape index (κ3) is 3.22. The summed E-state index contributed by atoms with van der Waals surface area (Å²) >= 11 is 5.91. The summed E-state index contributed by atoms with van der Waals surface area (Å²) in [5.41, 5.74) is 7.30. The molecule has 0 aliphatic heterocycles. The molecule has 0 saturated heterocycles. The van der Waals surface area contributed by atoms with Crippen molar-refractivity contribution in [2.24, 2.45) is 10.9 Å². The average molecular weight is 291 g/mol. The molecule has 0 fully saturated rings. The van der Waals surface area contributed by atoms with Crippen LogP contribution >= 0.6 is 11.6 Å². The second-order valence-electron chi connectivity index (χ2n) is 4.23. The number of amidine groups is 1. The van der Waals surface area contributed by atoms with Crippen molar-refractivity contribution in [1.29, 1.82) is 0 Å². The highest BCUT2D eigenvalue weighted by atomic mass is 35.5. The third-order valence-electron chi connectivity index (χ3n) is 2.88. The normalized spacial score (nSPS) is 11.4. The molecule has 5 heteroatoms. The summed E-state index contributed by atoms with van der Waals surface area (Å²) in [4.78, 5) is 0. The van der Waals surface area contributed by atoms with Crippen LogP contribution in [-0.2, 0) is 6.42 Å². The molecule has 20 heavy (non-hydrogen) atoms. The van der Waals surface area contributed by atoms with Crippen LogP contribution in [0, 0.1) is 0 Å². The van der Waals surface area contributed by atoms with E-state index < -0.39 is 0 Å². The van der Waals surface area contributed by atoms with E-state index >= 15 is 0 Å². The van der Waals surface area contributed by atoms with Crippen LogP contribution in [0.15, 0.2) is 47.6 Å². The number of hydrogen-bond donors (Lipinski definition) is 2. The van der Waals surface area contributed by atoms with Gasteiger partial charge in [0.15, 0.2) is 5.84 Å². The summed E-state index contributed by atoms with van der Waals surface area (Å²) in [5, 5.41) is 12.3. The van der Waals surface area contributed by atoms with Crippen LogP contribution < -0.4 is 10.5 Å². The maximum atomic E-state index is 8.80. The predicted molar refractivity (Wildman–Crippen MR) is 79.9 cm³/mol. The Hall–Kier alpha value is -2.20. The molecule has 0 amide bonds. The highest BCUT2D eigenvalue weighted by Gasteiger charge is 2.10. The first kappa shape index (κ1) is 14.2. The summed E-state index contributed by atoms with van der Waals surface area (Å²) < 4.78 is 5.76. The Balaban J connectivity index is 2.32. The van der Waals surface area contributed by atoms with Crippen molar-refractivity contribution >= 4 is 17.4 Å². The number of nitrogens with zero attached hydrogens (tertiary/aromatic N) is 1. The van der Waals surface area contributed by atoms with Gasteiger partial charge in [-0.1, -0.05) is 35.8 Å². The molecule has 0 spiro atoms. The second kappa shape index (κ2) is 6.30. The van der Waals surface area contributed by atoms with Crippen LogP contribution in [0.3, 0.4) is 0 Å². The second-order valence-corrected chi connectivity index (χ2v) is 4.66. The summed E-state index contributed by atoms with van der Waals surface area (Å²) in [5.74, 6) is 1.11. The first-order valence-electron chi connectivity index (χ1n) is 6.18. The number of nitrogens with two attached hydrogens (primary N) is 1. The number of halogens is 1. The minimum absolute atomic E-state index is 0.0484. The first-order valence-corrected chi connectivity index (χ1v) is 6.56. The molecule has 4 nitrogen and oxygen atoms in total. The number of aryl methyl sites for hydroxylation is 1. The fourth-order valence-corrected chi connectivity index (χ4v) is 1.94. The van der Waals surface area contributed by atoms with Gasteiger partial charge in [0.1, 0.15) is 11.5 Å². The van der Waals surface area contributed by atoms with Gasteiger partial charge >= 0.3 is 0 Å².